The molecule has 3 nitrogen and oxygen atoms in total. The molecular formula is C14H30N2O. The number of hydrogen-bond donors (Lipinski definition) is 1. The van der Waals surface area contributed by atoms with Crippen molar-refractivity contribution in [3.8, 4) is 0 Å². The van der Waals surface area contributed by atoms with Crippen molar-refractivity contribution in [2.24, 2.45) is 5.41 Å². The molecule has 0 saturated carbocycles. The van der Waals surface area contributed by atoms with Gasteiger partial charge in [0.25, 0.3) is 0 Å². The van der Waals surface area contributed by atoms with Crippen LogP contribution in [0.4, 0.5) is 0 Å². The van der Waals surface area contributed by atoms with Crippen LogP contribution in [0.25, 0.3) is 0 Å². The standard InChI is InChI=1S/C14H30N2O/c1-12(17)13(16(5)6)9-7-8-10-15-11-14(2,3)4/h13,15H,7-11H2,1-6H3. The Kier molecular flexibility index (Phi) is 7.64. The minimum Gasteiger partial charge on any atom is -0.316 e. The van der Waals surface area contributed by atoms with Gasteiger partial charge >= 0.3 is 0 Å². The van der Waals surface area contributed by atoms with Crippen LogP contribution in [0.1, 0.15) is 47.0 Å². The zero-order valence-electron chi connectivity index (χ0n) is 12.5. The lowest BCUT2D eigenvalue weighted by molar-refractivity contribution is -0.121. The first-order chi connectivity index (χ1) is 7.74. The van der Waals surface area contributed by atoms with Crippen LogP contribution in [0.15, 0.2) is 0 Å². The van der Waals surface area contributed by atoms with Gasteiger partial charge in [0.15, 0.2) is 0 Å². The van der Waals surface area contributed by atoms with E-state index >= 15 is 0 Å². The topological polar surface area (TPSA) is 32.3 Å². The van der Waals surface area contributed by atoms with E-state index in [1.165, 1.54) is 0 Å². The fourth-order valence-corrected chi connectivity index (χ4v) is 1.88. The number of ketones is 1. The molecule has 1 unspecified atom stereocenters. The zero-order chi connectivity index (χ0) is 13.5. The number of nitrogens with zero attached hydrogens (tertiary/aromatic N) is 1. The van der Waals surface area contributed by atoms with Crippen LogP contribution in [-0.4, -0.2) is 43.9 Å². The maximum Gasteiger partial charge on any atom is 0.146 e. The summed E-state index contributed by atoms with van der Waals surface area (Å²) >= 11 is 0. The lowest BCUT2D eigenvalue weighted by atomic mass is 9.97. The Hall–Kier alpha value is -0.410. The van der Waals surface area contributed by atoms with Gasteiger partial charge in [-0.2, -0.15) is 0 Å². The van der Waals surface area contributed by atoms with Gasteiger partial charge in [-0.15, -0.1) is 0 Å². The maximum atomic E-state index is 11.4. The molecule has 0 aromatic rings. The van der Waals surface area contributed by atoms with Crippen molar-refractivity contribution < 1.29 is 4.79 Å². The molecule has 0 amide bonds. The number of nitrogens with one attached hydrogen (secondary N) is 1. The van der Waals surface area contributed by atoms with Crippen molar-refractivity contribution >= 4 is 5.78 Å². The normalized spacial score (nSPS) is 14.1. The minimum atomic E-state index is 0.0950. The van der Waals surface area contributed by atoms with Crippen LogP contribution in [0.2, 0.25) is 0 Å². The number of hydrogen-bond acceptors (Lipinski definition) is 3. The number of Topliss-reactive ketones (excluding diaryl/α,β-unsaturated/α-hetero) is 1. The van der Waals surface area contributed by atoms with Crippen molar-refractivity contribution in [2.75, 3.05) is 27.2 Å². The number of likely N-dealkylation sites (N-methyl/N-ethyl adjacent to an activating group) is 1. The van der Waals surface area contributed by atoms with Crippen LogP contribution in [-0.2, 0) is 4.79 Å². The molecule has 0 bridgehead atoms. The zero-order valence-corrected chi connectivity index (χ0v) is 12.5. The Labute approximate surface area is 107 Å². The van der Waals surface area contributed by atoms with E-state index < -0.39 is 0 Å². The van der Waals surface area contributed by atoms with Crippen LogP contribution in [0, 0.1) is 5.41 Å². The van der Waals surface area contributed by atoms with Gasteiger partial charge in [-0.1, -0.05) is 27.2 Å². The summed E-state index contributed by atoms with van der Waals surface area (Å²) in [4.78, 5) is 13.4. The summed E-state index contributed by atoms with van der Waals surface area (Å²) in [6.45, 7) is 10.5. The first-order valence-electron chi connectivity index (χ1n) is 6.61. The second kappa shape index (κ2) is 7.83. The average molecular weight is 242 g/mol. The van der Waals surface area contributed by atoms with Crippen molar-refractivity contribution in [3.05, 3.63) is 0 Å². The van der Waals surface area contributed by atoms with E-state index in [0.717, 1.165) is 32.4 Å². The highest BCUT2D eigenvalue weighted by atomic mass is 16.1. The summed E-state index contributed by atoms with van der Waals surface area (Å²) in [5, 5.41) is 3.46. The monoisotopic (exact) mass is 242 g/mol. The molecule has 0 aromatic carbocycles. The van der Waals surface area contributed by atoms with E-state index in [1.54, 1.807) is 6.92 Å². The van der Waals surface area contributed by atoms with Crippen molar-refractivity contribution in [1.29, 1.82) is 0 Å². The highest BCUT2D eigenvalue weighted by molar-refractivity contribution is 5.81. The fourth-order valence-electron chi connectivity index (χ4n) is 1.88. The molecule has 0 spiro atoms. The molecule has 0 fully saturated rings. The third kappa shape index (κ3) is 9.31. The van der Waals surface area contributed by atoms with Crippen molar-refractivity contribution in [1.82, 2.24) is 10.2 Å². The van der Waals surface area contributed by atoms with Crippen LogP contribution >= 0.6 is 0 Å². The molecule has 3 heteroatoms. The van der Waals surface area contributed by atoms with Crippen molar-refractivity contribution in [3.63, 3.8) is 0 Å². The second-order valence-electron chi connectivity index (χ2n) is 6.32. The van der Waals surface area contributed by atoms with Gasteiger partial charge in [0.1, 0.15) is 5.78 Å². The molecule has 0 radical (unpaired) electrons. The summed E-state index contributed by atoms with van der Waals surface area (Å²) in [6, 6.07) is 0.0950. The first kappa shape index (κ1) is 16.6. The Morgan fingerprint density at radius 3 is 2.24 bits per heavy atom. The third-order valence-corrected chi connectivity index (χ3v) is 2.83. The Morgan fingerprint density at radius 2 is 1.82 bits per heavy atom. The fraction of sp³-hybridized carbons (Fsp3) is 0.929. The lowest BCUT2D eigenvalue weighted by Gasteiger charge is -2.22. The van der Waals surface area contributed by atoms with Crippen molar-refractivity contribution in [2.45, 2.75) is 53.0 Å². The maximum absolute atomic E-state index is 11.4. The number of carbonyl (C=O) groups is 1. The Morgan fingerprint density at radius 1 is 1.24 bits per heavy atom. The van der Waals surface area contributed by atoms with Gasteiger partial charge in [-0.05, 0) is 52.4 Å². The third-order valence-electron chi connectivity index (χ3n) is 2.83. The van der Waals surface area contributed by atoms with Crippen LogP contribution in [0.3, 0.4) is 0 Å². The van der Waals surface area contributed by atoms with Gasteiger partial charge in [0.05, 0.1) is 6.04 Å². The second-order valence-corrected chi connectivity index (χ2v) is 6.32. The molecule has 0 heterocycles. The van der Waals surface area contributed by atoms with E-state index in [0.29, 0.717) is 5.41 Å². The molecule has 0 rings (SSSR count). The van der Waals surface area contributed by atoms with Crippen LogP contribution < -0.4 is 5.32 Å². The summed E-state index contributed by atoms with van der Waals surface area (Å²) in [6.07, 6.45) is 3.23. The molecule has 1 N–H and O–H groups in total. The highest BCUT2D eigenvalue weighted by Gasteiger charge is 2.15. The molecule has 102 valence electrons. The largest absolute Gasteiger partial charge is 0.316 e. The van der Waals surface area contributed by atoms with Gasteiger partial charge in [0, 0.05) is 0 Å². The molecule has 17 heavy (non-hydrogen) atoms. The summed E-state index contributed by atoms with van der Waals surface area (Å²) in [5.41, 5.74) is 0.353. The van der Waals surface area contributed by atoms with E-state index in [2.05, 4.69) is 26.1 Å². The van der Waals surface area contributed by atoms with Gasteiger partial charge < -0.3 is 5.32 Å². The predicted octanol–water partition coefficient (Wildman–Crippen LogP) is 2.31. The molecule has 0 aliphatic rings. The molecule has 0 aliphatic carbocycles. The lowest BCUT2D eigenvalue weighted by Crippen LogP contribution is -2.34. The molecule has 1 atom stereocenters. The quantitative estimate of drug-likeness (QED) is 0.663. The number of carbonyl (C=O) groups excluding carboxylic acids is 1. The van der Waals surface area contributed by atoms with E-state index in [-0.39, 0.29) is 11.8 Å². The average Bonchev–Trinajstić information content (AvgIpc) is 2.13. The molecular weight excluding hydrogens is 212 g/mol. The first-order valence-corrected chi connectivity index (χ1v) is 6.61. The summed E-state index contributed by atoms with van der Waals surface area (Å²) in [5.74, 6) is 0.276. The summed E-state index contributed by atoms with van der Waals surface area (Å²) in [7, 11) is 3.95. The van der Waals surface area contributed by atoms with E-state index in [4.69, 9.17) is 0 Å². The number of unbranched alkanes of at least 4 members (excludes halogenated alkanes) is 1. The van der Waals surface area contributed by atoms with E-state index in [1.807, 2.05) is 19.0 Å². The van der Waals surface area contributed by atoms with Gasteiger partial charge in [-0.25, -0.2) is 0 Å². The minimum absolute atomic E-state index is 0.0950. The van der Waals surface area contributed by atoms with Crippen LogP contribution in [0.5, 0.6) is 0 Å². The smallest absolute Gasteiger partial charge is 0.146 e. The predicted molar refractivity (Wildman–Crippen MR) is 74.3 cm³/mol. The summed E-state index contributed by atoms with van der Waals surface area (Å²) < 4.78 is 0. The van der Waals surface area contributed by atoms with E-state index in [9.17, 15) is 4.79 Å². The molecule has 0 aromatic heterocycles. The SMILES string of the molecule is CC(=O)C(CCCCNCC(C)(C)C)N(C)C. The Bertz CT molecular complexity index is 219. The highest BCUT2D eigenvalue weighted by Crippen LogP contribution is 2.10. The Balaban J connectivity index is 3.60. The molecule has 0 aliphatic heterocycles. The molecule has 0 saturated heterocycles. The number of rotatable bonds is 8. The van der Waals surface area contributed by atoms with Gasteiger partial charge in [-0.3, -0.25) is 9.69 Å². The van der Waals surface area contributed by atoms with Gasteiger partial charge in [0.2, 0.25) is 0 Å².